The smallest absolute Gasteiger partial charge is 0.226 e. The number of anilines is 2. The number of carbonyl (C=O) groups is 2. The summed E-state index contributed by atoms with van der Waals surface area (Å²) in [5.74, 6) is 0.581. The van der Waals surface area contributed by atoms with Crippen molar-refractivity contribution in [3.63, 3.8) is 0 Å². The van der Waals surface area contributed by atoms with Gasteiger partial charge in [0.15, 0.2) is 0 Å². The lowest BCUT2D eigenvalue weighted by molar-refractivity contribution is -0.119. The predicted molar refractivity (Wildman–Crippen MR) is 108 cm³/mol. The average molecular weight is 421 g/mol. The maximum atomic E-state index is 12.0. The summed E-state index contributed by atoms with van der Waals surface area (Å²) >= 11 is 5.14. The van der Waals surface area contributed by atoms with Gasteiger partial charge in [-0.1, -0.05) is 26.0 Å². The number of thioether (sulfide) groups is 1. The number of carbonyl (C=O) groups excluding carboxylic acids is 2. The maximum absolute atomic E-state index is 12.0. The fourth-order valence-electron chi connectivity index (χ4n) is 1.96. The monoisotopic (exact) mass is 420 g/mol. The first-order chi connectivity index (χ1) is 12.0. The first-order valence-electron chi connectivity index (χ1n) is 8.04. The number of benzene rings is 2. The van der Waals surface area contributed by atoms with E-state index in [4.69, 9.17) is 0 Å². The molecule has 0 unspecified atom stereocenters. The largest absolute Gasteiger partial charge is 0.326 e. The molecule has 0 atom stereocenters. The SMILES string of the molecule is CC(C)C(=O)Nc1ccc(NC(=O)CCSc2ccccc2Br)cc1. The highest BCUT2D eigenvalue weighted by Gasteiger charge is 2.08. The second-order valence-corrected chi connectivity index (χ2v) is 7.79. The van der Waals surface area contributed by atoms with Crippen molar-refractivity contribution >= 4 is 50.9 Å². The van der Waals surface area contributed by atoms with E-state index in [0.29, 0.717) is 12.2 Å². The molecule has 25 heavy (non-hydrogen) atoms. The van der Waals surface area contributed by atoms with Gasteiger partial charge in [0.05, 0.1) is 0 Å². The van der Waals surface area contributed by atoms with Crippen LogP contribution in [0.15, 0.2) is 57.9 Å². The molecular formula is C19H21BrN2O2S. The highest BCUT2D eigenvalue weighted by Crippen LogP contribution is 2.27. The first kappa shape index (κ1) is 19.5. The van der Waals surface area contributed by atoms with E-state index in [0.717, 1.165) is 20.7 Å². The Hall–Kier alpha value is -1.79. The van der Waals surface area contributed by atoms with Gasteiger partial charge in [-0.05, 0) is 52.3 Å². The minimum Gasteiger partial charge on any atom is -0.326 e. The lowest BCUT2D eigenvalue weighted by Crippen LogP contribution is -2.17. The van der Waals surface area contributed by atoms with E-state index in [-0.39, 0.29) is 17.7 Å². The normalized spacial score (nSPS) is 10.6. The third-order valence-corrected chi connectivity index (χ3v) is 5.41. The lowest BCUT2D eigenvalue weighted by Gasteiger charge is -2.09. The van der Waals surface area contributed by atoms with Gasteiger partial charge in [-0.15, -0.1) is 11.8 Å². The quantitative estimate of drug-likeness (QED) is 0.607. The summed E-state index contributed by atoms with van der Waals surface area (Å²) in [4.78, 5) is 24.8. The molecule has 2 amide bonds. The van der Waals surface area contributed by atoms with Gasteiger partial charge >= 0.3 is 0 Å². The molecule has 0 saturated carbocycles. The number of hydrogen-bond donors (Lipinski definition) is 2. The van der Waals surface area contributed by atoms with Crippen LogP contribution in [0.5, 0.6) is 0 Å². The van der Waals surface area contributed by atoms with E-state index in [2.05, 4.69) is 26.6 Å². The summed E-state index contributed by atoms with van der Waals surface area (Å²) < 4.78 is 1.04. The molecular weight excluding hydrogens is 400 g/mol. The molecule has 0 bridgehead atoms. The molecule has 2 N–H and O–H groups in total. The molecule has 2 aromatic rings. The predicted octanol–water partition coefficient (Wildman–Crippen LogP) is 5.16. The number of rotatable bonds is 7. The molecule has 0 aliphatic heterocycles. The Morgan fingerprint density at radius 3 is 2.20 bits per heavy atom. The van der Waals surface area contributed by atoms with E-state index < -0.39 is 0 Å². The number of halogens is 1. The first-order valence-corrected chi connectivity index (χ1v) is 9.81. The Balaban J connectivity index is 1.78. The van der Waals surface area contributed by atoms with E-state index in [9.17, 15) is 9.59 Å². The zero-order valence-electron chi connectivity index (χ0n) is 14.2. The topological polar surface area (TPSA) is 58.2 Å². The molecule has 4 nitrogen and oxygen atoms in total. The van der Waals surface area contributed by atoms with Crippen molar-refractivity contribution in [2.75, 3.05) is 16.4 Å². The summed E-state index contributed by atoms with van der Waals surface area (Å²) in [5, 5.41) is 5.69. The highest BCUT2D eigenvalue weighted by molar-refractivity contribution is 9.10. The standard InChI is InChI=1S/C19H21BrN2O2S/c1-13(2)19(24)22-15-9-7-14(8-10-15)21-18(23)11-12-25-17-6-4-3-5-16(17)20/h3-10,13H,11-12H2,1-2H3,(H,21,23)(H,22,24). The van der Waals surface area contributed by atoms with Crippen LogP contribution in [0.2, 0.25) is 0 Å². The third-order valence-electron chi connectivity index (χ3n) is 3.38. The van der Waals surface area contributed by atoms with E-state index in [1.807, 2.05) is 38.1 Å². The van der Waals surface area contributed by atoms with Gasteiger partial charge in [-0.3, -0.25) is 9.59 Å². The van der Waals surface area contributed by atoms with Crippen LogP contribution in [0.25, 0.3) is 0 Å². The van der Waals surface area contributed by atoms with Crippen molar-refractivity contribution in [3.8, 4) is 0 Å². The molecule has 0 fully saturated rings. The number of hydrogen-bond acceptors (Lipinski definition) is 3. The van der Waals surface area contributed by atoms with E-state index in [1.54, 1.807) is 36.0 Å². The van der Waals surface area contributed by atoms with Crippen LogP contribution in [-0.2, 0) is 9.59 Å². The molecule has 132 valence electrons. The third kappa shape index (κ3) is 6.55. The second-order valence-electron chi connectivity index (χ2n) is 5.80. The van der Waals surface area contributed by atoms with Gasteiger partial charge in [0.25, 0.3) is 0 Å². The number of nitrogens with one attached hydrogen (secondary N) is 2. The fraction of sp³-hybridized carbons (Fsp3) is 0.263. The fourth-order valence-corrected chi connectivity index (χ4v) is 3.48. The van der Waals surface area contributed by atoms with Gasteiger partial charge in [-0.25, -0.2) is 0 Å². The zero-order chi connectivity index (χ0) is 18.2. The zero-order valence-corrected chi connectivity index (χ0v) is 16.6. The molecule has 2 rings (SSSR count). The second kappa shape index (κ2) is 9.63. The molecule has 0 aliphatic carbocycles. The van der Waals surface area contributed by atoms with Gasteiger partial charge < -0.3 is 10.6 Å². The molecule has 0 heterocycles. The average Bonchev–Trinajstić information content (AvgIpc) is 2.58. The van der Waals surface area contributed by atoms with Crippen LogP contribution in [0.3, 0.4) is 0 Å². The Morgan fingerprint density at radius 1 is 1.00 bits per heavy atom. The molecule has 0 spiro atoms. The van der Waals surface area contributed by atoms with Gasteiger partial charge in [0.1, 0.15) is 0 Å². The van der Waals surface area contributed by atoms with Crippen molar-refractivity contribution in [2.24, 2.45) is 5.92 Å². The summed E-state index contributed by atoms with van der Waals surface area (Å²) in [6.07, 6.45) is 0.428. The van der Waals surface area contributed by atoms with Crippen LogP contribution in [0.4, 0.5) is 11.4 Å². The van der Waals surface area contributed by atoms with Gasteiger partial charge in [0, 0.05) is 38.8 Å². The molecule has 6 heteroatoms. The van der Waals surface area contributed by atoms with Crippen molar-refractivity contribution in [1.29, 1.82) is 0 Å². The van der Waals surface area contributed by atoms with E-state index in [1.165, 1.54) is 0 Å². The summed E-state index contributed by atoms with van der Waals surface area (Å²) in [5.41, 5.74) is 1.44. The molecule has 0 radical (unpaired) electrons. The Labute approximate surface area is 160 Å². The van der Waals surface area contributed by atoms with Crippen molar-refractivity contribution < 1.29 is 9.59 Å². The van der Waals surface area contributed by atoms with Crippen LogP contribution in [0, 0.1) is 5.92 Å². The van der Waals surface area contributed by atoms with Crippen LogP contribution < -0.4 is 10.6 Å². The van der Waals surface area contributed by atoms with Crippen LogP contribution >= 0.6 is 27.7 Å². The minimum absolute atomic E-state index is 0.0270. The van der Waals surface area contributed by atoms with Crippen LogP contribution in [0.1, 0.15) is 20.3 Å². The maximum Gasteiger partial charge on any atom is 0.226 e. The van der Waals surface area contributed by atoms with E-state index >= 15 is 0 Å². The number of amides is 2. The minimum atomic E-state index is -0.0680. The van der Waals surface area contributed by atoms with Gasteiger partial charge in [0.2, 0.25) is 11.8 Å². The Bertz CT molecular complexity index is 732. The van der Waals surface area contributed by atoms with Gasteiger partial charge in [-0.2, -0.15) is 0 Å². The van der Waals surface area contributed by atoms with Crippen molar-refractivity contribution in [2.45, 2.75) is 25.2 Å². The molecule has 0 aliphatic rings. The van der Waals surface area contributed by atoms with Crippen molar-refractivity contribution in [1.82, 2.24) is 0 Å². The Kier molecular flexibility index (Phi) is 7.52. The highest BCUT2D eigenvalue weighted by atomic mass is 79.9. The summed E-state index contributed by atoms with van der Waals surface area (Å²) in [6.45, 7) is 3.69. The summed E-state index contributed by atoms with van der Waals surface area (Å²) in [6, 6.07) is 15.1. The Morgan fingerprint density at radius 2 is 1.60 bits per heavy atom. The lowest BCUT2D eigenvalue weighted by atomic mass is 10.2. The summed E-state index contributed by atoms with van der Waals surface area (Å²) in [7, 11) is 0. The molecule has 0 aromatic heterocycles. The van der Waals surface area contributed by atoms with Crippen molar-refractivity contribution in [3.05, 3.63) is 53.0 Å². The molecule has 0 saturated heterocycles. The molecule has 2 aromatic carbocycles. The van der Waals surface area contributed by atoms with Crippen LogP contribution in [-0.4, -0.2) is 17.6 Å².